The van der Waals surface area contributed by atoms with Crippen LogP contribution in [0.25, 0.3) is 22.8 Å². The van der Waals surface area contributed by atoms with Crippen LogP contribution in [0.3, 0.4) is 0 Å². The Morgan fingerprint density at radius 1 is 1.00 bits per heavy atom. The summed E-state index contributed by atoms with van der Waals surface area (Å²) in [4.78, 5) is 15.2. The summed E-state index contributed by atoms with van der Waals surface area (Å²) in [6.07, 6.45) is -4.95. The first kappa shape index (κ1) is 17.7. The number of rotatable bonds is 4. The summed E-state index contributed by atoms with van der Waals surface area (Å²) in [7, 11) is 0. The van der Waals surface area contributed by atoms with Crippen LogP contribution in [0.1, 0.15) is 11.3 Å². The van der Waals surface area contributed by atoms with Crippen molar-refractivity contribution in [2.75, 3.05) is 0 Å². The average molecular weight is 365 g/mol. The lowest BCUT2D eigenvalue weighted by molar-refractivity contribution is -0.138. The Kier molecular flexibility index (Phi) is 4.50. The number of aromatic nitrogens is 1. The Morgan fingerprint density at radius 2 is 1.58 bits per heavy atom. The zero-order valence-corrected chi connectivity index (χ0v) is 13.0. The largest absolute Gasteiger partial charge is 0.481 e. The second-order valence-corrected chi connectivity index (χ2v) is 5.45. The Morgan fingerprint density at radius 3 is 2.12 bits per heavy atom. The van der Waals surface area contributed by atoms with Gasteiger partial charge in [0.05, 0.1) is 17.7 Å². The van der Waals surface area contributed by atoms with Crippen LogP contribution in [-0.2, 0) is 17.4 Å². The Balaban J connectivity index is 2.04. The zero-order chi connectivity index (χ0) is 18.9. The van der Waals surface area contributed by atoms with E-state index in [2.05, 4.69) is 4.98 Å². The van der Waals surface area contributed by atoms with Crippen molar-refractivity contribution in [3.8, 4) is 22.8 Å². The topological polar surface area (TPSA) is 63.3 Å². The number of hydrogen-bond donors (Lipinski definition) is 1. The van der Waals surface area contributed by atoms with Crippen molar-refractivity contribution < 1.29 is 31.9 Å². The maximum absolute atomic E-state index is 13.0. The SMILES string of the molecule is O=C(O)Cc1nc(-c2ccc(F)cc2)oc1-c1ccc(C(F)(F)F)cc1. The Bertz CT molecular complexity index is 929. The van der Waals surface area contributed by atoms with Gasteiger partial charge in [0.1, 0.15) is 5.82 Å². The minimum Gasteiger partial charge on any atom is -0.481 e. The van der Waals surface area contributed by atoms with E-state index in [9.17, 15) is 22.4 Å². The molecule has 0 radical (unpaired) electrons. The van der Waals surface area contributed by atoms with E-state index in [1.165, 1.54) is 36.4 Å². The van der Waals surface area contributed by atoms with Gasteiger partial charge in [-0.25, -0.2) is 9.37 Å². The van der Waals surface area contributed by atoms with E-state index in [0.717, 1.165) is 12.1 Å². The van der Waals surface area contributed by atoms with Crippen molar-refractivity contribution in [1.29, 1.82) is 0 Å². The van der Waals surface area contributed by atoms with Gasteiger partial charge in [-0.3, -0.25) is 4.79 Å². The summed E-state index contributed by atoms with van der Waals surface area (Å²) in [5.41, 5.74) is -0.0952. The van der Waals surface area contributed by atoms with Gasteiger partial charge in [0.15, 0.2) is 5.76 Å². The van der Waals surface area contributed by atoms with Crippen LogP contribution in [0.15, 0.2) is 52.9 Å². The summed E-state index contributed by atoms with van der Waals surface area (Å²) < 4.78 is 56.7. The van der Waals surface area contributed by atoms with Crippen LogP contribution < -0.4 is 0 Å². The van der Waals surface area contributed by atoms with Gasteiger partial charge in [-0.1, -0.05) is 12.1 Å². The molecule has 0 aliphatic heterocycles. The quantitative estimate of drug-likeness (QED) is 0.675. The van der Waals surface area contributed by atoms with Gasteiger partial charge in [-0.05, 0) is 36.4 Å². The second-order valence-electron chi connectivity index (χ2n) is 5.45. The fourth-order valence-corrected chi connectivity index (χ4v) is 2.37. The maximum Gasteiger partial charge on any atom is 0.416 e. The highest BCUT2D eigenvalue weighted by Crippen LogP contribution is 2.34. The maximum atomic E-state index is 13.0. The minimum absolute atomic E-state index is 0.0520. The van der Waals surface area contributed by atoms with E-state index >= 15 is 0 Å². The molecule has 0 saturated carbocycles. The smallest absolute Gasteiger partial charge is 0.416 e. The molecule has 2 aromatic carbocycles. The van der Waals surface area contributed by atoms with Crippen molar-refractivity contribution in [1.82, 2.24) is 4.98 Å². The molecule has 0 saturated heterocycles. The Labute approximate surface area is 144 Å². The van der Waals surface area contributed by atoms with Crippen LogP contribution in [0.2, 0.25) is 0 Å². The van der Waals surface area contributed by atoms with Gasteiger partial charge >= 0.3 is 12.1 Å². The monoisotopic (exact) mass is 365 g/mol. The van der Waals surface area contributed by atoms with E-state index in [0.29, 0.717) is 5.56 Å². The molecule has 26 heavy (non-hydrogen) atoms. The van der Waals surface area contributed by atoms with E-state index in [4.69, 9.17) is 9.52 Å². The van der Waals surface area contributed by atoms with Crippen LogP contribution in [-0.4, -0.2) is 16.1 Å². The van der Waals surface area contributed by atoms with E-state index in [1.807, 2.05) is 0 Å². The molecule has 4 nitrogen and oxygen atoms in total. The van der Waals surface area contributed by atoms with Crippen LogP contribution >= 0.6 is 0 Å². The van der Waals surface area contributed by atoms with Gasteiger partial charge < -0.3 is 9.52 Å². The van der Waals surface area contributed by atoms with E-state index < -0.39 is 29.9 Å². The molecular formula is C18H11F4NO3. The predicted molar refractivity (Wildman–Crippen MR) is 83.7 cm³/mol. The molecule has 3 rings (SSSR count). The van der Waals surface area contributed by atoms with Crippen molar-refractivity contribution in [3.63, 3.8) is 0 Å². The molecule has 0 bridgehead atoms. The summed E-state index contributed by atoms with van der Waals surface area (Å²) in [5.74, 6) is -1.53. The molecule has 0 aliphatic carbocycles. The number of carboxylic acid groups (broad SMARTS) is 1. The first-order valence-electron chi connectivity index (χ1n) is 7.39. The third kappa shape index (κ3) is 3.74. The molecule has 0 unspecified atom stereocenters. The second kappa shape index (κ2) is 6.62. The third-order valence-corrected chi connectivity index (χ3v) is 3.58. The number of hydrogen-bond acceptors (Lipinski definition) is 3. The number of benzene rings is 2. The van der Waals surface area contributed by atoms with Crippen LogP contribution in [0.5, 0.6) is 0 Å². The highest BCUT2D eigenvalue weighted by Gasteiger charge is 2.30. The van der Waals surface area contributed by atoms with Crippen LogP contribution in [0.4, 0.5) is 17.6 Å². The standard InChI is InChI=1S/C18H11F4NO3/c19-13-7-3-11(4-8-13)17-23-14(9-15(24)25)16(26-17)10-1-5-12(6-2-10)18(20,21)22/h1-8H,9H2,(H,24,25). The molecule has 3 aromatic rings. The molecule has 0 fully saturated rings. The van der Waals surface area contributed by atoms with Gasteiger partial charge in [0, 0.05) is 11.1 Å². The molecule has 0 spiro atoms. The first-order chi connectivity index (χ1) is 12.2. The lowest BCUT2D eigenvalue weighted by atomic mass is 10.1. The highest BCUT2D eigenvalue weighted by atomic mass is 19.4. The fourth-order valence-electron chi connectivity index (χ4n) is 2.37. The number of aliphatic carboxylic acids is 1. The third-order valence-electron chi connectivity index (χ3n) is 3.58. The molecule has 0 aliphatic rings. The summed E-state index contributed by atoms with van der Waals surface area (Å²) in [6.45, 7) is 0. The molecular weight excluding hydrogens is 354 g/mol. The number of oxazole rings is 1. The normalized spacial score (nSPS) is 11.5. The van der Waals surface area contributed by atoms with Crippen molar-refractivity contribution >= 4 is 5.97 Å². The lowest BCUT2D eigenvalue weighted by Gasteiger charge is -2.07. The number of carboxylic acids is 1. The number of carbonyl (C=O) groups is 1. The number of alkyl halides is 3. The van der Waals surface area contributed by atoms with Crippen molar-refractivity contribution in [2.24, 2.45) is 0 Å². The van der Waals surface area contributed by atoms with E-state index in [1.54, 1.807) is 0 Å². The molecule has 1 heterocycles. The molecule has 0 atom stereocenters. The van der Waals surface area contributed by atoms with Gasteiger partial charge in [0.25, 0.3) is 0 Å². The molecule has 0 amide bonds. The van der Waals surface area contributed by atoms with Crippen LogP contribution in [0, 0.1) is 5.82 Å². The predicted octanol–water partition coefficient (Wildman–Crippen LogP) is 4.79. The number of halogens is 4. The Hall–Kier alpha value is -3.16. The van der Waals surface area contributed by atoms with Gasteiger partial charge in [-0.15, -0.1) is 0 Å². The van der Waals surface area contributed by atoms with E-state index in [-0.39, 0.29) is 22.9 Å². The minimum atomic E-state index is -4.48. The average Bonchev–Trinajstić information content (AvgIpc) is 2.98. The first-order valence-corrected chi connectivity index (χ1v) is 7.39. The zero-order valence-electron chi connectivity index (χ0n) is 13.0. The molecule has 134 valence electrons. The fraction of sp³-hybridized carbons (Fsp3) is 0.111. The van der Waals surface area contributed by atoms with Crippen molar-refractivity contribution in [3.05, 3.63) is 65.6 Å². The lowest BCUT2D eigenvalue weighted by Crippen LogP contribution is -2.04. The summed E-state index contributed by atoms with van der Waals surface area (Å²) in [5, 5.41) is 9.03. The van der Waals surface area contributed by atoms with Gasteiger partial charge in [-0.2, -0.15) is 13.2 Å². The van der Waals surface area contributed by atoms with Gasteiger partial charge in [0.2, 0.25) is 5.89 Å². The molecule has 8 heteroatoms. The molecule has 1 N–H and O–H groups in total. The summed E-state index contributed by atoms with van der Waals surface area (Å²) in [6, 6.07) is 9.30. The summed E-state index contributed by atoms with van der Waals surface area (Å²) >= 11 is 0. The van der Waals surface area contributed by atoms with Crippen molar-refractivity contribution in [2.45, 2.75) is 12.6 Å². The molecule has 1 aromatic heterocycles. The highest BCUT2D eigenvalue weighted by molar-refractivity contribution is 5.74. The number of nitrogens with zero attached hydrogens (tertiary/aromatic N) is 1.